The maximum atomic E-state index is 5.13. The lowest BCUT2D eigenvalue weighted by Gasteiger charge is -2.33. The van der Waals surface area contributed by atoms with Gasteiger partial charge < -0.3 is 15.2 Å². The highest BCUT2D eigenvalue weighted by Gasteiger charge is 2.19. The van der Waals surface area contributed by atoms with Gasteiger partial charge in [-0.3, -0.25) is 9.89 Å². The van der Waals surface area contributed by atoms with E-state index in [4.69, 9.17) is 4.52 Å². The van der Waals surface area contributed by atoms with Crippen molar-refractivity contribution in [3.8, 4) is 0 Å². The van der Waals surface area contributed by atoms with E-state index in [9.17, 15) is 0 Å². The van der Waals surface area contributed by atoms with E-state index in [0.717, 1.165) is 57.8 Å². The second-order valence-electron chi connectivity index (χ2n) is 7.02. The van der Waals surface area contributed by atoms with Gasteiger partial charge in [0.05, 0.1) is 0 Å². The minimum Gasteiger partial charge on any atom is -0.356 e. The summed E-state index contributed by atoms with van der Waals surface area (Å²) in [5, 5.41) is 10.7. The Morgan fingerprint density at radius 1 is 1.25 bits per heavy atom. The molecule has 7 nitrogen and oxygen atoms in total. The third kappa shape index (κ3) is 7.38. The molecule has 0 bridgehead atoms. The molecule has 154 valence electrons. The highest BCUT2D eigenvalue weighted by atomic mass is 127. The zero-order valence-corrected chi connectivity index (χ0v) is 19.1. The Bertz CT molecular complexity index is 712. The first-order valence-corrected chi connectivity index (χ1v) is 9.75. The molecule has 1 saturated heterocycles. The number of benzene rings is 1. The molecule has 1 aromatic carbocycles. The van der Waals surface area contributed by atoms with Crippen LogP contribution >= 0.6 is 24.0 Å². The molecule has 2 aromatic rings. The van der Waals surface area contributed by atoms with E-state index >= 15 is 0 Å². The van der Waals surface area contributed by atoms with Gasteiger partial charge in [0.2, 0.25) is 5.89 Å². The molecule has 1 aliphatic rings. The van der Waals surface area contributed by atoms with Gasteiger partial charge in [0, 0.05) is 45.7 Å². The summed E-state index contributed by atoms with van der Waals surface area (Å²) in [5.41, 5.74) is 1.39. The van der Waals surface area contributed by atoms with Crippen molar-refractivity contribution in [3.05, 3.63) is 47.6 Å². The summed E-state index contributed by atoms with van der Waals surface area (Å²) in [6.07, 6.45) is 3.98. The highest BCUT2D eigenvalue weighted by Crippen LogP contribution is 2.13. The van der Waals surface area contributed by atoms with Crippen LogP contribution < -0.4 is 10.6 Å². The SMILES string of the molecule is CN=C(NCCCc1nc(C)no1)NC1CCN(Cc2ccccc2)CC1.I. The lowest BCUT2D eigenvalue weighted by Crippen LogP contribution is -2.48. The average molecular weight is 498 g/mol. The zero-order valence-electron chi connectivity index (χ0n) is 16.7. The minimum absolute atomic E-state index is 0. The number of nitrogens with zero attached hydrogens (tertiary/aromatic N) is 4. The highest BCUT2D eigenvalue weighted by molar-refractivity contribution is 14.0. The van der Waals surface area contributed by atoms with Gasteiger partial charge in [-0.05, 0) is 31.7 Å². The van der Waals surface area contributed by atoms with Gasteiger partial charge in [-0.15, -0.1) is 24.0 Å². The Kier molecular flexibility index (Phi) is 9.69. The molecule has 0 amide bonds. The maximum absolute atomic E-state index is 5.13. The molecule has 1 aromatic heterocycles. The first-order valence-electron chi connectivity index (χ1n) is 9.75. The number of hydrogen-bond acceptors (Lipinski definition) is 5. The number of likely N-dealkylation sites (tertiary alicyclic amines) is 1. The van der Waals surface area contributed by atoms with Gasteiger partial charge in [0.1, 0.15) is 0 Å². The molecule has 2 N–H and O–H groups in total. The molecule has 0 unspecified atom stereocenters. The molecule has 8 heteroatoms. The number of rotatable bonds is 7. The third-order valence-electron chi connectivity index (χ3n) is 4.83. The van der Waals surface area contributed by atoms with E-state index in [1.165, 1.54) is 5.56 Å². The molecule has 0 spiro atoms. The summed E-state index contributed by atoms with van der Waals surface area (Å²) in [4.78, 5) is 11.1. The van der Waals surface area contributed by atoms with Crippen LogP contribution in [-0.2, 0) is 13.0 Å². The number of piperidine rings is 1. The van der Waals surface area contributed by atoms with E-state index in [2.05, 4.69) is 61.0 Å². The minimum atomic E-state index is 0. The van der Waals surface area contributed by atoms with Gasteiger partial charge >= 0.3 is 0 Å². The normalized spacial score (nSPS) is 15.9. The average Bonchev–Trinajstić information content (AvgIpc) is 3.11. The molecule has 2 heterocycles. The Morgan fingerprint density at radius 3 is 2.64 bits per heavy atom. The summed E-state index contributed by atoms with van der Waals surface area (Å²) >= 11 is 0. The van der Waals surface area contributed by atoms with Crippen LogP contribution in [0.4, 0.5) is 0 Å². The monoisotopic (exact) mass is 498 g/mol. The van der Waals surface area contributed by atoms with Crippen LogP contribution in [0.1, 0.15) is 36.5 Å². The van der Waals surface area contributed by atoms with E-state index in [1.54, 1.807) is 0 Å². The van der Waals surface area contributed by atoms with Gasteiger partial charge in [-0.25, -0.2) is 0 Å². The number of aryl methyl sites for hydroxylation is 2. The number of aromatic nitrogens is 2. The van der Waals surface area contributed by atoms with Crippen molar-refractivity contribution in [1.82, 2.24) is 25.7 Å². The fourth-order valence-electron chi connectivity index (χ4n) is 3.35. The number of guanidine groups is 1. The molecule has 0 saturated carbocycles. The third-order valence-corrected chi connectivity index (χ3v) is 4.83. The molecule has 28 heavy (non-hydrogen) atoms. The van der Waals surface area contributed by atoms with Crippen LogP contribution in [0, 0.1) is 6.92 Å². The second-order valence-corrected chi connectivity index (χ2v) is 7.02. The molecule has 1 aliphatic heterocycles. The van der Waals surface area contributed by atoms with Gasteiger partial charge in [0.25, 0.3) is 0 Å². The summed E-state index contributed by atoms with van der Waals surface area (Å²) in [7, 11) is 1.82. The standard InChI is InChI=1S/C20H30N6O.HI/c1-16-23-19(27-25-16)9-6-12-22-20(21-2)24-18-10-13-26(14-11-18)15-17-7-4-3-5-8-17;/h3-5,7-8,18H,6,9-15H2,1-2H3,(H2,21,22,24);1H. The van der Waals surface area contributed by atoms with Crippen LogP contribution in [-0.4, -0.2) is 53.7 Å². The van der Waals surface area contributed by atoms with Crippen LogP contribution in [0.15, 0.2) is 39.8 Å². The van der Waals surface area contributed by atoms with Gasteiger partial charge in [-0.2, -0.15) is 4.98 Å². The smallest absolute Gasteiger partial charge is 0.226 e. The molecule has 0 atom stereocenters. The van der Waals surface area contributed by atoms with Crippen molar-refractivity contribution >= 4 is 29.9 Å². The van der Waals surface area contributed by atoms with Crippen LogP contribution in [0.25, 0.3) is 0 Å². The predicted octanol–water partition coefficient (Wildman–Crippen LogP) is 2.76. The van der Waals surface area contributed by atoms with E-state index in [1.807, 2.05) is 14.0 Å². The van der Waals surface area contributed by atoms with Crippen molar-refractivity contribution < 1.29 is 4.52 Å². The number of hydrogen-bond donors (Lipinski definition) is 2. The second kappa shape index (κ2) is 12.0. The summed E-state index contributed by atoms with van der Waals surface area (Å²) < 4.78 is 5.13. The van der Waals surface area contributed by atoms with Crippen molar-refractivity contribution in [2.45, 2.75) is 45.2 Å². The van der Waals surface area contributed by atoms with E-state index in [-0.39, 0.29) is 24.0 Å². The fourth-order valence-corrected chi connectivity index (χ4v) is 3.35. The fraction of sp³-hybridized carbons (Fsp3) is 0.550. The van der Waals surface area contributed by atoms with Crippen molar-refractivity contribution in [2.75, 3.05) is 26.7 Å². The summed E-state index contributed by atoms with van der Waals surface area (Å²) in [6.45, 7) is 5.92. The number of halogens is 1. The van der Waals surface area contributed by atoms with Crippen molar-refractivity contribution in [2.24, 2.45) is 4.99 Å². The Balaban J connectivity index is 0.00000280. The first-order chi connectivity index (χ1) is 13.2. The topological polar surface area (TPSA) is 78.6 Å². The largest absolute Gasteiger partial charge is 0.356 e. The molecular formula is C20H31IN6O. The Labute approximate surface area is 184 Å². The zero-order chi connectivity index (χ0) is 18.9. The molecule has 3 rings (SSSR count). The quantitative estimate of drug-likeness (QED) is 0.265. The maximum Gasteiger partial charge on any atom is 0.226 e. The Hall–Kier alpha value is -1.68. The van der Waals surface area contributed by atoms with Crippen molar-refractivity contribution in [3.63, 3.8) is 0 Å². The molecule has 0 radical (unpaired) electrons. The number of aliphatic imine (C=N–C) groups is 1. The van der Waals surface area contributed by atoms with Crippen LogP contribution in [0.2, 0.25) is 0 Å². The first kappa shape index (κ1) is 22.6. The lowest BCUT2D eigenvalue weighted by molar-refractivity contribution is 0.198. The number of nitrogens with one attached hydrogen (secondary N) is 2. The lowest BCUT2D eigenvalue weighted by atomic mass is 10.0. The molecule has 1 fully saturated rings. The molecular weight excluding hydrogens is 467 g/mol. The predicted molar refractivity (Wildman–Crippen MR) is 122 cm³/mol. The van der Waals surface area contributed by atoms with E-state index < -0.39 is 0 Å². The van der Waals surface area contributed by atoms with Crippen LogP contribution in [0.5, 0.6) is 0 Å². The summed E-state index contributed by atoms with van der Waals surface area (Å²) in [5.74, 6) is 2.26. The van der Waals surface area contributed by atoms with Gasteiger partial charge in [0.15, 0.2) is 11.8 Å². The van der Waals surface area contributed by atoms with Gasteiger partial charge in [-0.1, -0.05) is 35.5 Å². The van der Waals surface area contributed by atoms with Crippen molar-refractivity contribution in [1.29, 1.82) is 0 Å². The summed E-state index contributed by atoms with van der Waals surface area (Å²) in [6, 6.07) is 11.2. The molecule has 0 aliphatic carbocycles. The van der Waals surface area contributed by atoms with E-state index in [0.29, 0.717) is 17.8 Å². The van der Waals surface area contributed by atoms with Crippen LogP contribution in [0.3, 0.4) is 0 Å². The Morgan fingerprint density at radius 2 is 2.00 bits per heavy atom.